The van der Waals surface area contributed by atoms with Crippen LogP contribution in [0.5, 0.6) is 0 Å². The zero-order chi connectivity index (χ0) is 15.4. The summed E-state index contributed by atoms with van der Waals surface area (Å²) in [6, 6.07) is 5.12. The van der Waals surface area contributed by atoms with E-state index in [1.807, 2.05) is 6.92 Å². The van der Waals surface area contributed by atoms with Gasteiger partial charge in [-0.1, -0.05) is 23.4 Å². The second-order valence-corrected chi connectivity index (χ2v) is 4.85. The van der Waals surface area contributed by atoms with E-state index in [9.17, 15) is 4.79 Å². The lowest BCUT2D eigenvalue weighted by Crippen LogP contribution is -2.14. The Balaban J connectivity index is 2.32. The molecule has 1 amide bonds. The van der Waals surface area contributed by atoms with Crippen LogP contribution in [0.15, 0.2) is 24.4 Å². The third-order valence-electron chi connectivity index (χ3n) is 3.03. The van der Waals surface area contributed by atoms with E-state index in [1.54, 1.807) is 29.9 Å². The van der Waals surface area contributed by atoms with Crippen LogP contribution in [-0.2, 0) is 7.05 Å². The molecule has 1 aromatic heterocycles. The molecule has 0 spiro atoms. The summed E-state index contributed by atoms with van der Waals surface area (Å²) >= 11 is 5.98. The van der Waals surface area contributed by atoms with Crippen LogP contribution in [0, 0.1) is 18.8 Å². The van der Waals surface area contributed by atoms with Crippen molar-refractivity contribution in [3.63, 3.8) is 0 Å². The van der Waals surface area contributed by atoms with Crippen LogP contribution in [0.3, 0.4) is 0 Å². The van der Waals surface area contributed by atoms with Crippen molar-refractivity contribution in [2.24, 2.45) is 12.8 Å². The van der Waals surface area contributed by atoms with Crippen molar-refractivity contribution in [3.05, 3.63) is 46.2 Å². The summed E-state index contributed by atoms with van der Waals surface area (Å²) in [6.45, 7) is 2.08. The van der Waals surface area contributed by atoms with Crippen LogP contribution in [-0.4, -0.2) is 22.2 Å². The number of nitrogens with one attached hydrogen (secondary N) is 1. The molecule has 6 heteroatoms. The lowest BCUT2D eigenvalue weighted by Gasteiger charge is -2.08. The van der Waals surface area contributed by atoms with E-state index in [-0.39, 0.29) is 12.5 Å². The molecule has 0 atom stereocenters. The Labute approximate surface area is 128 Å². The largest absolute Gasteiger partial charge is 0.321 e. The molecule has 0 aliphatic rings. The lowest BCUT2D eigenvalue weighted by atomic mass is 10.1. The molecule has 108 valence electrons. The fourth-order valence-electron chi connectivity index (χ4n) is 1.79. The maximum absolute atomic E-state index is 12.3. The number of aromatic nitrogens is 2. The summed E-state index contributed by atoms with van der Waals surface area (Å²) in [5.74, 6) is 5.42. The minimum absolute atomic E-state index is 0.248. The Bertz CT molecular complexity index is 740. The molecule has 0 saturated carbocycles. The minimum atomic E-state index is -0.251. The molecule has 0 saturated heterocycles. The molecule has 5 nitrogen and oxygen atoms in total. The first-order valence-electron chi connectivity index (χ1n) is 6.31. The first-order valence-corrected chi connectivity index (χ1v) is 6.69. The minimum Gasteiger partial charge on any atom is -0.321 e. The summed E-state index contributed by atoms with van der Waals surface area (Å²) in [5.41, 5.74) is 7.88. The molecule has 0 radical (unpaired) electrons. The summed E-state index contributed by atoms with van der Waals surface area (Å²) in [5, 5.41) is 7.38. The van der Waals surface area contributed by atoms with Gasteiger partial charge in [0.1, 0.15) is 0 Å². The van der Waals surface area contributed by atoms with E-state index in [0.717, 1.165) is 5.69 Å². The first-order chi connectivity index (χ1) is 10.0. The van der Waals surface area contributed by atoms with Gasteiger partial charge in [-0.15, -0.1) is 0 Å². The molecular weight excluding hydrogens is 288 g/mol. The summed E-state index contributed by atoms with van der Waals surface area (Å²) in [7, 11) is 1.78. The summed E-state index contributed by atoms with van der Waals surface area (Å²) in [6.07, 6.45) is 1.53. The van der Waals surface area contributed by atoms with Gasteiger partial charge in [-0.25, -0.2) is 0 Å². The average Bonchev–Trinajstić information content (AvgIpc) is 2.78. The molecule has 2 rings (SSSR count). The maximum Gasteiger partial charge on any atom is 0.259 e. The van der Waals surface area contributed by atoms with E-state index >= 15 is 0 Å². The number of anilines is 1. The van der Waals surface area contributed by atoms with Gasteiger partial charge in [0.2, 0.25) is 0 Å². The van der Waals surface area contributed by atoms with E-state index in [1.165, 1.54) is 6.20 Å². The number of aryl methyl sites for hydroxylation is 1. The van der Waals surface area contributed by atoms with E-state index in [2.05, 4.69) is 22.3 Å². The highest BCUT2D eigenvalue weighted by Crippen LogP contribution is 2.21. The number of amides is 1. The number of hydrogen-bond donors (Lipinski definition) is 2. The first kappa shape index (κ1) is 15.1. The van der Waals surface area contributed by atoms with Crippen molar-refractivity contribution < 1.29 is 4.79 Å². The number of carbonyl (C=O) groups is 1. The molecular formula is C15H15ClN4O. The van der Waals surface area contributed by atoms with Gasteiger partial charge in [0.15, 0.2) is 0 Å². The van der Waals surface area contributed by atoms with Crippen molar-refractivity contribution in [2.75, 3.05) is 11.9 Å². The van der Waals surface area contributed by atoms with Crippen molar-refractivity contribution in [3.8, 4) is 11.8 Å². The molecule has 0 unspecified atom stereocenters. The third-order valence-corrected chi connectivity index (χ3v) is 3.27. The summed E-state index contributed by atoms with van der Waals surface area (Å²) in [4.78, 5) is 12.3. The molecule has 1 heterocycles. The quantitative estimate of drug-likeness (QED) is 0.833. The number of halogens is 1. The van der Waals surface area contributed by atoms with Gasteiger partial charge in [-0.3, -0.25) is 9.48 Å². The Hall–Kier alpha value is -2.29. The lowest BCUT2D eigenvalue weighted by molar-refractivity contribution is 0.102. The van der Waals surface area contributed by atoms with E-state index < -0.39 is 0 Å². The van der Waals surface area contributed by atoms with Gasteiger partial charge in [-0.05, 0) is 25.1 Å². The smallest absolute Gasteiger partial charge is 0.259 e. The highest BCUT2D eigenvalue weighted by Gasteiger charge is 2.14. The number of rotatable bonds is 2. The zero-order valence-electron chi connectivity index (χ0n) is 11.8. The predicted octanol–water partition coefficient (Wildman–Crippen LogP) is 1.94. The molecule has 0 bridgehead atoms. The van der Waals surface area contributed by atoms with Crippen LogP contribution in [0.25, 0.3) is 0 Å². The number of hydrogen-bond acceptors (Lipinski definition) is 3. The van der Waals surface area contributed by atoms with E-state index in [0.29, 0.717) is 21.8 Å². The van der Waals surface area contributed by atoms with Gasteiger partial charge in [0.05, 0.1) is 24.0 Å². The monoisotopic (exact) mass is 302 g/mol. The highest BCUT2D eigenvalue weighted by molar-refractivity contribution is 6.31. The Morgan fingerprint density at radius 3 is 2.90 bits per heavy atom. The fraction of sp³-hybridized carbons (Fsp3) is 0.200. The Kier molecular flexibility index (Phi) is 4.63. The van der Waals surface area contributed by atoms with Gasteiger partial charge < -0.3 is 11.1 Å². The van der Waals surface area contributed by atoms with Crippen molar-refractivity contribution in [2.45, 2.75) is 6.92 Å². The molecule has 0 aliphatic carbocycles. The topological polar surface area (TPSA) is 72.9 Å². The van der Waals surface area contributed by atoms with Crippen molar-refractivity contribution >= 4 is 23.2 Å². The average molecular weight is 303 g/mol. The van der Waals surface area contributed by atoms with Crippen LogP contribution in [0.2, 0.25) is 5.02 Å². The van der Waals surface area contributed by atoms with E-state index in [4.69, 9.17) is 17.3 Å². The van der Waals surface area contributed by atoms with Gasteiger partial charge in [-0.2, -0.15) is 5.10 Å². The molecule has 3 N–H and O–H groups in total. The second-order valence-electron chi connectivity index (χ2n) is 4.42. The fourth-order valence-corrected chi connectivity index (χ4v) is 1.96. The van der Waals surface area contributed by atoms with Gasteiger partial charge in [0, 0.05) is 23.3 Å². The predicted molar refractivity (Wildman–Crippen MR) is 83.3 cm³/mol. The van der Waals surface area contributed by atoms with Gasteiger partial charge >= 0.3 is 0 Å². The highest BCUT2D eigenvalue weighted by atomic mass is 35.5. The SMILES string of the molecule is Cc1c(C(=O)Nc2cc(Cl)ccc2C#CCN)cnn1C. The molecule has 0 aliphatic heterocycles. The van der Waals surface area contributed by atoms with Crippen LogP contribution in [0.1, 0.15) is 21.6 Å². The molecule has 1 aromatic carbocycles. The van der Waals surface area contributed by atoms with Crippen molar-refractivity contribution in [1.29, 1.82) is 0 Å². The zero-order valence-corrected chi connectivity index (χ0v) is 12.5. The Morgan fingerprint density at radius 1 is 1.52 bits per heavy atom. The third kappa shape index (κ3) is 3.43. The second kappa shape index (κ2) is 6.44. The standard InChI is InChI=1S/C15H15ClN4O/c1-10-13(9-18-20(10)2)15(21)19-14-8-12(16)6-5-11(14)4-3-7-17/h5-6,8-9H,7,17H2,1-2H3,(H,19,21). The molecule has 2 aromatic rings. The van der Waals surface area contributed by atoms with Crippen LogP contribution < -0.4 is 11.1 Å². The normalized spacial score (nSPS) is 9.90. The number of nitrogens with two attached hydrogens (primary N) is 1. The Morgan fingerprint density at radius 2 is 2.29 bits per heavy atom. The van der Waals surface area contributed by atoms with Crippen LogP contribution in [0.4, 0.5) is 5.69 Å². The number of nitrogens with zero attached hydrogens (tertiary/aromatic N) is 2. The van der Waals surface area contributed by atoms with Gasteiger partial charge in [0.25, 0.3) is 5.91 Å². The molecule has 21 heavy (non-hydrogen) atoms. The molecule has 0 fully saturated rings. The van der Waals surface area contributed by atoms with Crippen LogP contribution >= 0.6 is 11.6 Å². The van der Waals surface area contributed by atoms with Crippen molar-refractivity contribution in [1.82, 2.24) is 9.78 Å². The number of benzene rings is 1. The maximum atomic E-state index is 12.3. The summed E-state index contributed by atoms with van der Waals surface area (Å²) < 4.78 is 1.64. The number of carbonyl (C=O) groups excluding carboxylic acids is 1.